The lowest BCUT2D eigenvalue weighted by molar-refractivity contribution is 0.978. The Labute approximate surface area is 505 Å². The first-order chi connectivity index (χ1) is 43.1. The first-order valence-corrected chi connectivity index (χ1v) is 29.7. The standard InChI is InChI=1S/C82H55N5/c1-7-21-57(22-8-1)79(58-23-9-2-10-24-58)59-37-35-55(36-38-59)62-42-49-77-75(51-62)76-52-63(56-39-44-67(45-40-56)86(65-29-15-5-16-30-65)66-31-17-6-18-32-66)43-50-78(76)87(77)68-46-48-72-71-47-41-64(53-73(71)69-33-19-20-34-70(69)74(72)54-68)82-84-80(60-25-11-3-12-26-60)83-81(85-82)61-27-13-4-14-28-61/h1-54,79H. The van der Waals surface area contributed by atoms with E-state index >= 15 is 0 Å². The van der Waals surface area contributed by atoms with E-state index in [1.807, 2.05) is 36.4 Å². The molecule has 0 N–H and O–H groups in total. The molecule has 16 rings (SSSR count). The van der Waals surface area contributed by atoms with Crippen molar-refractivity contribution in [1.82, 2.24) is 19.5 Å². The number of rotatable bonds is 12. The van der Waals surface area contributed by atoms with E-state index in [2.05, 4.69) is 301 Å². The van der Waals surface area contributed by atoms with Crippen molar-refractivity contribution in [2.75, 3.05) is 4.90 Å². The average molecular weight is 1110 g/mol. The second kappa shape index (κ2) is 21.9. The molecule has 5 nitrogen and oxygen atoms in total. The summed E-state index contributed by atoms with van der Waals surface area (Å²) in [6, 6.07) is 118. The van der Waals surface area contributed by atoms with Crippen LogP contribution in [-0.4, -0.2) is 19.5 Å². The van der Waals surface area contributed by atoms with Crippen LogP contribution < -0.4 is 4.90 Å². The zero-order valence-electron chi connectivity index (χ0n) is 47.5. The summed E-state index contributed by atoms with van der Waals surface area (Å²) in [6.45, 7) is 0. The van der Waals surface area contributed by atoms with Crippen molar-refractivity contribution in [3.05, 3.63) is 344 Å². The van der Waals surface area contributed by atoms with Gasteiger partial charge in [-0.25, -0.2) is 15.0 Å². The van der Waals surface area contributed by atoms with Gasteiger partial charge in [0.2, 0.25) is 0 Å². The van der Waals surface area contributed by atoms with Crippen LogP contribution in [0, 0.1) is 0 Å². The quantitative estimate of drug-likeness (QED) is 0.0903. The Balaban J connectivity index is 0.832. The highest BCUT2D eigenvalue weighted by molar-refractivity contribution is 6.26. The summed E-state index contributed by atoms with van der Waals surface area (Å²) < 4.78 is 2.46. The zero-order valence-corrected chi connectivity index (χ0v) is 47.5. The summed E-state index contributed by atoms with van der Waals surface area (Å²) in [7, 11) is 0. The Bertz CT molecular complexity index is 4830. The van der Waals surface area contributed by atoms with E-state index < -0.39 is 0 Å². The number of para-hydroxylation sites is 2. The molecule has 87 heavy (non-hydrogen) atoms. The van der Waals surface area contributed by atoms with Gasteiger partial charge in [0.15, 0.2) is 17.5 Å². The van der Waals surface area contributed by atoms with Crippen LogP contribution in [0.2, 0.25) is 0 Å². The van der Waals surface area contributed by atoms with E-state index in [1.165, 1.54) is 65.5 Å². The lowest BCUT2D eigenvalue weighted by atomic mass is 9.84. The number of benzene rings is 14. The summed E-state index contributed by atoms with van der Waals surface area (Å²) in [6.07, 6.45) is 0. The highest BCUT2D eigenvalue weighted by Gasteiger charge is 2.21. The van der Waals surface area contributed by atoms with Crippen molar-refractivity contribution in [2.45, 2.75) is 5.92 Å². The lowest BCUT2D eigenvalue weighted by Gasteiger charge is -2.25. The molecule has 0 bridgehead atoms. The summed E-state index contributed by atoms with van der Waals surface area (Å²) >= 11 is 0. The molecule has 0 fully saturated rings. The number of hydrogen-bond acceptors (Lipinski definition) is 4. The van der Waals surface area contributed by atoms with Gasteiger partial charge in [-0.05, 0) is 150 Å². The molecule has 2 aromatic heterocycles. The second-order valence-electron chi connectivity index (χ2n) is 22.3. The summed E-state index contributed by atoms with van der Waals surface area (Å²) in [5, 5.41) is 9.42. The number of fused-ring (bicyclic) bond motifs is 9. The van der Waals surface area contributed by atoms with Crippen LogP contribution in [-0.2, 0) is 0 Å². The molecule has 0 aliphatic heterocycles. The van der Waals surface area contributed by atoms with Crippen LogP contribution in [0.4, 0.5) is 17.1 Å². The summed E-state index contributed by atoms with van der Waals surface area (Å²) in [4.78, 5) is 17.5. The van der Waals surface area contributed by atoms with Gasteiger partial charge < -0.3 is 9.47 Å². The van der Waals surface area contributed by atoms with Crippen LogP contribution in [0.25, 0.3) is 116 Å². The first-order valence-electron chi connectivity index (χ1n) is 29.7. The Morgan fingerprint density at radius 2 is 0.575 bits per heavy atom. The van der Waals surface area contributed by atoms with Gasteiger partial charge in [0.05, 0.1) is 11.0 Å². The number of aromatic nitrogens is 4. The molecule has 0 aliphatic carbocycles. The molecule has 16 aromatic rings. The minimum absolute atomic E-state index is 0.118. The van der Waals surface area contributed by atoms with Gasteiger partial charge in [0.1, 0.15) is 0 Å². The number of nitrogens with zero attached hydrogens (tertiary/aromatic N) is 5. The fraction of sp³-hybridized carbons (Fsp3) is 0.0122. The number of anilines is 3. The molecule has 2 heterocycles. The second-order valence-corrected chi connectivity index (χ2v) is 22.3. The van der Waals surface area contributed by atoms with E-state index in [0.717, 1.165) is 67.0 Å². The van der Waals surface area contributed by atoms with Crippen LogP contribution in [0.5, 0.6) is 0 Å². The molecule has 0 atom stereocenters. The van der Waals surface area contributed by atoms with Crippen molar-refractivity contribution in [2.24, 2.45) is 0 Å². The van der Waals surface area contributed by atoms with Gasteiger partial charge in [-0.15, -0.1) is 0 Å². The molecule has 408 valence electrons. The maximum Gasteiger partial charge on any atom is 0.164 e. The van der Waals surface area contributed by atoms with Gasteiger partial charge in [-0.2, -0.15) is 0 Å². The smallest absolute Gasteiger partial charge is 0.164 e. The molecule has 0 saturated carbocycles. The maximum atomic E-state index is 5.12. The predicted molar refractivity (Wildman–Crippen MR) is 362 cm³/mol. The Morgan fingerprint density at radius 1 is 0.230 bits per heavy atom. The Kier molecular flexibility index (Phi) is 12.9. The fourth-order valence-electron chi connectivity index (χ4n) is 13.0. The topological polar surface area (TPSA) is 46.8 Å². The SMILES string of the molecule is c1ccc(-c2nc(-c3ccccc3)nc(-c3ccc4c5ccc(-n6c7ccc(-c8ccc(C(c9ccccc9)c9ccccc9)cc8)cc7c7cc(-c8ccc(N(c9ccccc9)c9ccccc9)cc8)ccc76)cc5c5ccccc5c4c3)n2)cc1. The fourth-order valence-corrected chi connectivity index (χ4v) is 13.0. The van der Waals surface area contributed by atoms with E-state index in [0.29, 0.717) is 17.5 Å². The monoisotopic (exact) mass is 1110 g/mol. The Hall–Kier alpha value is -11.5. The van der Waals surface area contributed by atoms with Crippen LogP contribution in [0.15, 0.2) is 328 Å². The highest BCUT2D eigenvalue weighted by Crippen LogP contribution is 2.43. The molecule has 0 amide bonds. The highest BCUT2D eigenvalue weighted by atomic mass is 15.1. The molecule has 0 saturated heterocycles. The van der Waals surface area contributed by atoms with E-state index in [-0.39, 0.29) is 5.92 Å². The molecule has 0 unspecified atom stereocenters. The predicted octanol–water partition coefficient (Wildman–Crippen LogP) is 21.4. The van der Waals surface area contributed by atoms with E-state index in [9.17, 15) is 0 Å². The molecule has 0 aliphatic rings. The van der Waals surface area contributed by atoms with Crippen molar-refractivity contribution >= 4 is 71.2 Å². The average Bonchev–Trinajstić information content (AvgIpc) is 1.87. The van der Waals surface area contributed by atoms with E-state index in [1.54, 1.807) is 0 Å². The zero-order chi connectivity index (χ0) is 57.6. The van der Waals surface area contributed by atoms with Gasteiger partial charge in [0, 0.05) is 56.1 Å². The first kappa shape index (κ1) is 51.1. The van der Waals surface area contributed by atoms with Crippen LogP contribution >= 0.6 is 0 Å². The summed E-state index contributed by atoms with van der Waals surface area (Å²) in [5.74, 6) is 2.03. The molecule has 5 heteroatoms. The van der Waals surface area contributed by atoms with Crippen molar-refractivity contribution < 1.29 is 0 Å². The minimum atomic E-state index is 0.118. The van der Waals surface area contributed by atoms with Gasteiger partial charge >= 0.3 is 0 Å². The van der Waals surface area contributed by atoms with Gasteiger partial charge in [-0.1, -0.05) is 249 Å². The van der Waals surface area contributed by atoms with Crippen LogP contribution in [0.1, 0.15) is 22.6 Å². The molecule has 0 spiro atoms. The van der Waals surface area contributed by atoms with Gasteiger partial charge in [0.25, 0.3) is 0 Å². The summed E-state index contributed by atoms with van der Waals surface area (Å²) in [5.41, 5.74) is 18.0. The minimum Gasteiger partial charge on any atom is -0.311 e. The third kappa shape index (κ3) is 9.45. The maximum absolute atomic E-state index is 5.12. The molecule has 0 radical (unpaired) electrons. The number of hydrogen-bond donors (Lipinski definition) is 0. The van der Waals surface area contributed by atoms with Crippen molar-refractivity contribution in [3.63, 3.8) is 0 Å². The molecular weight excluding hydrogens is 1050 g/mol. The Morgan fingerprint density at radius 3 is 1.07 bits per heavy atom. The van der Waals surface area contributed by atoms with Crippen molar-refractivity contribution in [3.8, 4) is 62.1 Å². The van der Waals surface area contributed by atoms with Gasteiger partial charge in [-0.3, -0.25) is 0 Å². The molecular formula is C82H55N5. The van der Waals surface area contributed by atoms with Crippen molar-refractivity contribution in [1.29, 1.82) is 0 Å². The van der Waals surface area contributed by atoms with E-state index in [4.69, 9.17) is 15.0 Å². The third-order valence-corrected chi connectivity index (χ3v) is 17.1. The largest absolute Gasteiger partial charge is 0.311 e. The third-order valence-electron chi connectivity index (χ3n) is 17.1. The van der Waals surface area contributed by atoms with Crippen LogP contribution in [0.3, 0.4) is 0 Å². The molecule has 14 aromatic carbocycles. The lowest BCUT2D eigenvalue weighted by Crippen LogP contribution is -2.09. The normalized spacial score (nSPS) is 11.6.